The summed E-state index contributed by atoms with van der Waals surface area (Å²) in [4.78, 5) is 0. The summed E-state index contributed by atoms with van der Waals surface area (Å²) in [5.74, 6) is 0. The summed E-state index contributed by atoms with van der Waals surface area (Å²) in [6, 6.07) is 16.0. The Balaban J connectivity index is 2.35. The van der Waals surface area contributed by atoms with Gasteiger partial charge in [0.25, 0.3) is 0 Å². The van der Waals surface area contributed by atoms with Crippen LogP contribution in [-0.4, -0.2) is 32.3 Å². The first-order valence-corrected chi connectivity index (χ1v) is 30.2. The highest BCUT2D eigenvalue weighted by molar-refractivity contribution is 7.13. The van der Waals surface area contributed by atoms with Gasteiger partial charge in [-0.05, 0) is 95.9 Å². The quantitative estimate of drug-likeness (QED) is 0.173. The SMILES string of the molecule is CC1=C(C)C([Si](c2cc(C)c([Si](C)(C)C)c(C)c2)(c2cc(C)c([Si](C)(C)C)c(C)c2)c2cc(C)c([Si](C)(C)C)c(C)c2)C(C)=C1C. The van der Waals surface area contributed by atoms with Crippen LogP contribution in [0.3, 0.4) is 0 Å². The van der Waals surface area contributed by atoms with E-state index in [9.17, 15) is 0 Å². The number of hydrogen-bond donors (Lipinski definition) is 0. The van der Waals surface area contributed by atoms with Crippen LogP contribution < -0.4 is 31.1 Å². The average Bonchev–Trinajstić information content (AvgIpc) is 3.04. The maximum atomic E-state index is 2.67. The summed E-state index contributed by atoms with van der Waals surface area (Å²) in [7, 11) is -7.30. The lowest BCUT2D eigenvalue weighted by Gasteiger charge is -2.43. The second kappa shape index (κ2) is 12.2. The molecule has 1 aliphatic rings. The molecule has 3 aromatic carbocycles. The first kappa shape index (κ1) is 36.8. The molecule has 248 valence electrons. The van der Waals surface area contributed by atoms with Gasteiger partial charge in [-0.3, -0.25) is 0 Å². The third-order valence-corrected chi connectivity index (χ3v) is 23.5. The molecule has 0 nitrogen and oxygen atoms in total. The van der Waals surface area contributed by atoms with Crippen molar-refractivity contribution in [3.05, 3.63) is 92.1 Å². The minimum Gasteiger partial charge on any atom is -0.0656 e. The summed E-state index contributed by atoms with van der Waals surface area (Å²) >= 11 is 0. The maximum Gasteiger partial charge on any atom is 0.159 e. The second-order valence-electron chi connectivity index (χ2n) is 18.1. The van der Waals surface area contributed by atoms with Crippen molar-refractivity contribution in [1.29, 1.82) is 0 Å². The summed E-state index contributed by atoms with van der Waals surface area (Å²) in [6.45, 7) is 46.8. The van der Waals surface area contributed by atoms with Crippen LogP contribution in [0.1, 0.15) is 61.1 Å². The highest BCUT2D eigenvalue weighted by Crippen LogP contribution is 2.46. The Morgan fingerprint density at radius 2 is 0.543 bits per heavy atom. The van der Waals surface area contributed by atoms with Crippen molar-refractivity contribution >= 4 is 63.4 Å². The van der Waals surface area contributed by atoms with Crippen LogP contribution in [-0.2, 0) is 0 Å². The smallest absolute Gasteiger partial charge is 0.0656 e. The molecule has 0 spiro atoms. The molecule has 0 fully saturated rings. The van der Waals surface area contributed by atoms with Gasteiger partial charge in [0.05, 0.1) is 24.2 Å². The van der Waals surface area contributed by atoms with Gasteiger partial charge >= 0.3 is 0 Å². The van der Waals surface area contributed by atoms with Crippen LogP contribution >= 0.6 is 0 Å². The zero-order valence-electron chi connectivity index (χ0n) is 33.0. The Bertz CT molecular complexity index is 1520. The number of benzene rings is 3. The number of rotatable bonds is 7. The van der Waals surface area contributed by atoms with E-state index >= 15 is 0 Å². The fourth-order valence-corrected chi connectivity index (χ4v) is 24.0. The number of aryl methyl sites for hydroxylation is 6. The second-order valence-corrected chi connectivity index (χ2v) is 37.0. The largest absolute Gasteiger partial charge is 0.159 e. The Hall–Kier alpha value is -1.99. The van der Waals surface area contributed by atoms with Crippen molar-refractivity contribution in [2.24, 2.45) is 0 Å². The number of allylic oxidation sites excluding steroid dienone is 4. The van der Waals surface area contributed by atoms with Crippen LogP contribution in [0.15, 0.2) is 58.7 Å². The molecule has 0 saturated carbocycles. The normalized spacial score (nSPS) is 15.5. The Labute approximate surface area is 287 Å². The van der Waals surface area contributed by atoms with Crippen molar-refractivity contribution in [3.63, 3.8) is 0 Å². The molecule has 0 N–H and O–H groups in total. The predicted octanol–water partition coefficient (Wildman–Crippen LogP) is 8.70. The van der Waals surface area contributed by atoms with E-state index in [0.717, 1.165) is 0 Å². The molecule has 1 aliphatic carbocycles. The van der Waals surface area contributed by atoms with E-state index in [-0.39, 0.29) is 0 Å². The van der Waals surface area contributed by atoms with Crippen LogP contribution in [0.25, 0.3) is 0 Å². The van der Waals surface area contributed by atoms with Gasteiger partial charge in [-0.15, -0.1) is 0 Å². The van der Waals surface area contributed by atoms with Crippen molar-refractivity contribution in [3.8, 4) is 0 Å². The van der Waals surface area contributed by atoms with Gasteiger partial charge in [0.2, 0.25) is 0 Å². The van der Waals surface area contributed by atoms with Gasteiger partial charge < -0.3 is 0 Å². The fourth-order valence-electron chi connectivity index (χ4n) is 10.1. The Morgan fingerprint density at radius 1 is 0.348 bits per heavy atom. The van der Waals surface area contributed by atoms with Crippen molar-refractivity contribution in [1.82, 2.24) is 0 Å². The first-order valence-electron chi connectivity index (χ1n) is 17.6. The molecule has 0 saturated heterocycles. The van der Waals surface area contributed by atoms with E-state index < -0.39 is 32.3 Å². The Kier molecular flexibility index (Phi) is 9.74. The van der Waals surface area contributed by atoms with Crippen LogP contribution in [0.5, 0.6) is 0 Å². The van der Waals surface area contributed by atoms with Gasteiger partial charge in [0, 0.05) is 5.54 Å². The third kappa shape index (κ3) is 6.06. The van der Waals surface area contributed by atoms with Gasteiger partial charge in [-0.2, -0.15) is 0 Å². The molecule has 0 unspecified atom stereocenters. The van der Waals surface area contributed by atoms with Gasteiger partial charge in [-0.25, -0.2) is 0 Å². The monoisotopic (exact) mass is 680 g/mol. The van der Waals surface area contributed by atoms with Crippen LogP contribution in [0.2, 0.25) is 64.5 Å². The summed E-state index contributed by atoms with van der Waals surface area (Å²) in [5.41, 5.74) is 15.6. The molecule has 3 aromatic rings. The highest BCUT2D eigenvalue weighted by Gasteiger charge is 2.51. The molecular weight excluding hydrogens is 617 g/mol. The predicted molar refractivity (Wildman–Crippen MR) is 222 cm³/mol. The molecule has 0 atom stereocenters. The van der Waals surface area contributed by atoms with E-state index in [2.05, 4.69) is 165 Å². The van der Waals surface area contributed by atoms with E-state index in [1.165, 1.54) is 44.5 Å². The van der Waals surface area contributed by atoms with Crippen LogP contribution in [0.4, 0.5) is 0 Å². The van der Waals surface area contributed by atoms with Crippen molar-refractivity contribution < 1.29 is 0 Å². The summed E-state index contributed by atoms with van der Waals surface area (Å²) < 4.78 is 0. The molecular formula is C42H64Si4. The molecule has 0 aromatic heterocycles. The molecule has 0 bridgehead atoms. The van der Waals surface area contributed by atoms with Crippen molar-refractivity contribution in [2.75, 3.05) is 0 Å². The van der Waals surface area contributed by atoms with Crippen molar-refractivity contribution in [2.45, 2.75) is 134 Å². The third-order valence-electron chi connectivity index (χ3n) is 11.3. The molecule has 4 heteroatoms. The average molecular weight is 681 g/mol. The minimum absolute atomic E-state index is 0.386. The zero-order chi connectivity index (χ0) is 35.1. The molecule has 0 radical (unpaired) electrons. The van der Waals surface area contributed by atoms with E-state index in [1.54, 1.807) is 42.3 Å². The Morgan fingerprint density at radius 3 is 0.717 bits per heavy atom. The van der Waals surface area contributed by atoms with E-state index in [0.29, 0.717) is 5.54 Å². The molecule has 4 rings (SSSR count). The molecule has 46 heavy (non-hydrogen) atoms. The lowest BCUT2D eigenvalue weighted by molar-refractivity contribution is 1.09. The number of hydrogen-bond acceptors (Lipinski definition) is 0. The van der Waals surface area contributed by atoms with E-state index in [4.69, 9.17) is 0 Å². The topological polar surface area (TPSA) is 0 Å². The summed E-state index contributed by atoms with van der Waals surface area (Å²) in [5, 5.41) is 9.69. The first-order chi connectivity index (χ1) is 20.9. The van der Waals surface area contributed by atoms with Crippen LogP contribution in [0, 0.1) is 41.5 Å². The molecule has 0 heterocycles. The highest BCUT2D eigenvalue weighted by atomic mass is 28.3. The minimum atomic E-state index is -2.70. The maximum absolute atomic E-state index is 2.70. The lowest BCUT2D eigenvalue weighted by atomic mass is 10.1. The van der Waals surface area contributed by atoms with Gasteiger partial charge in [0.1, 0.15) is 0 Å². The summed E-state index contributed by atoms with van der Waals surface area (Å²) in [6.07, 6.45) is 0. The zero-order valence-corrected chi connectivity index (χ0v) is 37.0. The lowest BCUT2D eigenvalue weighted by Crippen LogP contribution is -2.71. The fraction of sp³-hybridized carbons (Fsp3) is 0.476. The molecule has 0 aliphatic heterocycles. The van der Waals surface area contributed by atoms with Gasteiger partial charge in [-0.1, -0.05) is 155 Å². The molecule has 0 amide bonds. The van der Waals surface area contributed by atoms with Gasteiger partial charge in [0.15, 0.2) is 8.07 Å². The standard InChI is InChI=1S/C42H64Si4/c1-26-20-36(21-27(2)39(26)43(11,12)13)46(42-34(9)32(7)33(8)35(42)10,37-22-28(3)40(29(4)23-37)44(14,15)16)38-24-30(5)41(31(6)25-38)45(17,18)19/h20-25,42H,1-19H3. The van der Waals surface area contributed by atoms with E-state index in [1.807, 2.05) is 0 Å².